The summed E-state index contributed by atoms with van der Waals surface area (Å²) in [6.45, 7) is 1.46. The lowest BCUT2D eigenvalue weighted by Crippen LogP contribution is -2.43. The Morgan fingerprint density at radius 1 is 1.32 bits per heavy atom. The number of nitro groups is 1. The molecule has 8 nitrogen and oxygen atoms in total. The molecule has 0 aliphatic carbocycles. The van der Waals surface area contributed by atoms with E-state index in [4.69, 9.17) is 4.74 Å². The highest BCUT2D eigenvalue weighted by Crippen LogP contribution is 2.18. The van der Waals surface area contributed by atoms with Crippen molar-refractivity contribution >= 4 is 17.6 Å². The molecule has 1 unspecified atom stereocenters. The van der Waals surface area contributed by atoms with Gasteiger partial charge in [0, 0.05) is 19.2 Å². The molecule has 1 aromatic rings. The predicted molar refractivity (Wildman–Crippen MR) is 65.8 cm³/mol. The molecule has 1 rings (SSSR count). The van der Waals surface area contributed by atoms with Crippen molar-refractivity contribution in [3.8, 4) is 5.75 Å². The molecule has 0 aliphatic rings. The van der Waals surface area contributed by atoms with E-state index in [1.165, 1.54) is 38.2 Å². The Kier molecular flexibility index (Phi) is 4.81. The summed E-state index contributed by atoms with van der Waals surface area (Å²) >= 11 is 0. The maximum atomic E-state index is 11.5. The van der Waals surface area contributed by atoms with E-state index in [1.807, 2.05) is 0 Å². The van der Waals surface area contributed by atoms with Crippen molar-refractivity contribution < 1.29 is 19.2 Å². The fourth-order valence-electron chi connectivity index (χ4n) is 1.18. The van der Waals surface area contributed by atoms with Gasteiger partial charge < -0.3 is 10.1 Å². The second-order valence-corrected chi connectivity index (χ2v) is 3.58. The normalized spacial score (nSPS) is 11.3. The second kappa shape index (κ2) is 6.34. The molecule has 102 valence electrons. The largest absolute Gasteiger partial charge is 0.481 e. The molecule has 0 spiro atoms. The topological polar surface area (TPSA) is 111 Å². The second-order valence-electron chi connectivity index (χ2n) is 3.58. The fraction of sp³-hybridized carbons (Fsp3) is 0.273. The lowest BCUT2D eigenvalue weighted by molar-refractivity contribution is -0.384. The Balaban J connectivity index is 2.61. The number of nitro benzene ring substituents is 1. The number of hydrogen-bond acceptors (Lipinski definition) is 5. The molecule has 3 amide bonds. The first-order chi connectivity index (χ1) is 8.93. The van der Waals surface area contributed by atoms with Gasteiger partial charge in [0.15, 0.2) is 6.10 Å². The lowest BCUT2D eigenvalue weighted by Gasteiger charge is -2.13. The van der Waals surface area contributed by atoms with E-state index in [-0.39, 0.29) is 5.69 Å². The number of nitrogens with one attached hydrogen (secondary N) is 2. The molecule has 1 aromatic carbocycles. The molecule has 0 aliphatic heterocycles. The molecule has 0 heterocycles. The van der Waals surface area contributed by atoms with Gasteiger partial charge in [0.05, 0.1) is 4.92 Å². The van der Waals surface area contributed by atoms with E-state index in [9.17, 15) is 19.7 Å². The van der Waals surface area contributed by atoms with Gasteiger partial charge in [-0.25, -0.2) is 4.79 Å². The zero-order chi connectivity index (χ0) is 14.4. The quantitative estimate of drug-likeness (QED) is 0.619. The fourth-order valence-corrected chi connectivity index (χ4v) is 1.18. The summed E-state index contributed by atoms with van der Waals surface area (Å²) in [5, 5.41) is 14.7. The van der Waals surface area contributed by atoms with Crippen LogP contribution in [0.15, 0.2) is 24.3 Å². The van der Waals surface area contributed by atoms with Crippen LogP contribution in [0.3, 0.4) is 0 Å². The zero-order valence-electron chi connectivity index (χ0n) is 10.4. The van der Waals surface area contributed by atoms with Crippen molar-refractivity contribution in [2.24, 2.45) is 0 Å². The number of carbonyl (C=O) groups excluding carboxylic acids is 2. The van der Waals surface area contributed by atoms with Crippen LogP contribution in [0, 0.1) is 10.1 Å². The third kappa shape index (κ3) is 4.26. The third-order valence-electron chi connectivity index (χ3n) is 2.19. The number of benzene rings is 1. The summed E-state index contributed by atoms with van der Waals surface area (Å²) < 4.78 is 5.24. The van der Waals surface area contributed by atoms with E-state index in [0.717, 1.165) is 0 Å². The maximum Gasteiger partial charge on any atom is 0.321 e. The van der Waals surface area contributed by atoms with Crippen molar-refractivity contribution in [3.63, 3.8) is 0 Å². The van der Waals surface area contributed by atoms with E-state index in [0.29, 0.717) is 5.75 Å². The molecule has 0 radical (unpaired) electrons. The number of non-ortho nitro benzene ring substituents is 1. The molecule has 0 saturated heterocycles. The van der Waals surface area contributed by atoms with Gasteiger partial charge in [-0.1, -0.05) is 0 Å². The minimum atomic E-state index is -0.904. The highest BCUT2D eigenvalue weighted by molar-refractivity contribution is 5.96. The molecule has 2 N–H and O–H groups in total. The Morgan fingerprint density at radius 3 is 2.37 bits per heavy atom. The Labute approximate surface area is 108 Å². The predicted octanol–water partition coefficient (Wildman–Crippen LogP) is 0.818. The van der Waals surface area contributed by atoms with Gasteiger partial charge in [-0.05, 0) is 19.1 Å². The summed E-state index contributed by atoms with van der Waals surface area (Å²) in [5.41, 5.74) is -0.0742. The van der Waals surface area contributed by atoms with Crippen LogP contribution in [0.2, 0.25) is 0 Å². The summed E-state index contributed by atoms with van der Waals surface area (Å²) in [4.78, 5) is 32.3. The van der Waals surface area contributed by atoms with Crippen LogP contribution >= 0.6 is 0 Å². The Hall–Kier alpha value is -2.64. The standard InChI is InChI=1S/C11H13N3O5/c1-7(10(15)13-11(16)12-2)19-9-5-3-8(4-6-9)14(17)18/h3-7H,1-2H3,(H2,12,13,15,16). The zero-order valence-corrected chi connectivity index (χ0v) is 10.4. The number of carbonyl (C=O) groups is 2. The van der Waals surface area contributed by atoms with Crippen LogP contribution in [0.1, 0.15) is 6.92 Å². The molecule has 0 bridgehead atoms. The number of rotatable bonds is 4. The van der Waals surface area contributed by atoms with Gasteiger partial charge >= 0.3 is 6.03 Å². The molecule has 0 saturated carbocycles. The lowest BCUT2D eigenvalue weighted by atomic mass is 10.3. The van der Waals surface area contributed by atoms with E-state index in [2.05, 4.69) is 10.6 Å². The van der Waals surface area contributed by atoms with E-state index < -0.39 is 23.0 Å². The summed E-state index contributed by atoms with van der Waals surface area (Å²) in [5.74, 6) is -0.317. The minimum absolute atomic E-state index is 0.0742. The average molecular weight is 267 g/mol. The SMILES string of the molecule is CNC(=O)NC(=O)C(C)Oc1ccc([N+](=O)[O-])cc1. The molecule has 1 atom stereocenters. The van der Waals surface area contributed by atoms with E-state index >= 15 is 0 Å². The third-order valence-corrected chi connectivity index (χ3v) is 2.19. The van der Waals surface area contributed by atoms with Gasteiger partial charge in [0.1, 0.15) is 5.75 Å². The van der Waals surface area contributed by atoms with Gasteiger partial charge in [0.2, 0.25) is 0 Å². The highest BCUT2D eigenvalue weighted by atomic mass is 16.6. The summed E-state index contributed by atoms with van der Waals surface area (Å²) in [6, 6.07) is 4.64. The van der Waals surface area contributed by atoms with Crippen LogP contribution in [0.4, 0.5) is 10.5 Å². The smallest absolute Gasteiger partial charge is 0.321 e. The van der Waals surface area contributed by atoms with Gasteiger partial charge in [-0.2, -0.15) is 0 Å². The van der Waals surface area contributed by atoms with Crippen LogP contribution < -0.4 is 15.4 Å². The van der Waals surface area contributed by atoms with Crippen LogP contribution in [-0.4, -0.2) is 30.0 Å². The first kappa shape index (κ1) is 14.4. The Bertz CT molecular complexity index is 486. The number of hydrogen-bond donors (Lipinski definition) is 2. The van der Waals surface area contributed by atoms with Gasteiger partial charge in [0.25, 0.3) is 11.6 Å². The number of ether oxygens (including phenoxy) is 1. The molecule has 0 fully saturated rings. The monoisotopic (exact) mass is 267 g/mol. The molecule has 0 aromatic heterocycles. The van der Waals surface area contributed by atoms with Crippen molar-refractivity contribution in [1.29, 1.82) is 0 Å². The van der Waals surface area contributed by atoms with Crippen LogP contribution in [0.25, 0.3) is 0 Å². The van der Waals surface area contributed by atoms with Crippen LogP contribution in [0.5, 0.6) is 5.75 Å². The molecular formula is C11H13N3O5. The van der Waals surface area contributed by atoms with Gasteiger partial charge in [-0.3, -0.25) is 20.2 Å². The van der Waals surface area contributed by atoms with Crippen molar-refractivity contribution in [1.82, 2.24) is 10.6 Å². The minimum Gasteiger partial charge on any atom is -0.481 e. The molecule has 8 heteroatoms. The molecule has 19 heavy (non-hydrogen) atoms. The number of amides is 3. The summed E-state index contributed by atoms with van der Waals surface area (Å²) in [6.07, 6.45) is -0.904. The van der Waals surface area contributed by atoms with Crippen LogP contribution in [-0.2, 0) is 4.79 Å². The van der Waals surface area contributed by atoms with Crippen molar-refractivity contribution in [3.05, 3.63) is 34.4 Å². The first-order valence-electron chi connectivity index (χ1n) is 5.37. The number of nitrogens with zero attached hydrogens (tertiary/aromatic N) is 1. The average Bonchev–Trinajstić information content (AvgIpc) is 2.38. The first-order valence-corrected chi connectivity index (χ1v) is 5.37. The highest BCUT2D eigenvalue weighted by Gasteiger charge is 2.17. The number of imide groups is 1. The Morgan fingerprint density at radius 2 is 1.89 bits per heavy atom. The molecular weight excluding hydrogens is 254 g/mol. The van der Waals surface area contributed by atoms with E-state index in [1.54, 1.807) is 0 Å². The van der Waals surface area contributed by atoms with Crippen molar-refractivity contribution in [2.75, 3.05) is 7.05 Å². The number of urea groups is 1. The summed E-state index contributed by atoms with van der Waals surface area (Å²) in [7, 11) is 1.38. The maximum absolute atomic E-state index is 11.5. The van der Waals surface area contributed by atoms with Gasteiger partial charge in [-0.15, -0.1) is 0 Å². The van der Waals surface area contributed by atoms with Crippen molar-refractivity contribution in [2.45, 2.75) is 13.0 Å².